The van der Waals surface area contributed by atoms with Crippen molar-refractivity contribution in [2.45, 2.75) is 51.4 Å². The van der Waals surface area contributed by atoms with E-state index in [4.69, 9.17) is 4.43 Å². The Morgan fingerprint density at radius 2 is 2.00 bits per heavy atom. The van der Waals surface area contributed by atoms with Crippen LogP contribution in [0.4, 0.5) is 4.79 Å². The lowest BCUT2D eigenvalue weighted by atomic mass is 10.2. The molecule has 0 aliphatic carbocycles. The molecule has 1 unspecified atom stereocenters. The van der Waals surface area contributed by atoms with Crippen molar-refractivity contribution in [3.63, 3.8) is 0 Å². The van der Waals surface area contributed by atoms with Gasteiger partial charge in [-0.3, -0.25) is 0 Å². The maximum absolute atomic E-state index is 12.4. The van der Waals surface area contributed by atoms with E-state index in [-0.39, 0.29) is 41.1 Å². The minimum absolute atomic E-state index is 0. The first kappa shape index (κ1) is 19.6. The van der Waals surface area contributed by atoms with Crippen LogP contribution < -0.4 is 28.5 Å². The zero-order chi connectivity index (χ0) is 15.8. The molecule has 1 aromatic rings. The molecule has 0 spiro atoms. The molecule has 1 aliphatic rings. The van der Waals surface area contributed by atoms with E-state index < -0.39 is 8.32 Å². The lowest BCUT2D eigenvalue weighted by Crippen LogP contribution is -3.00. The highest BCUT2D eigenvalue weighted by Gasteiger charge is 2.41. The van der Waals surface area contributed by atoms with Crippen molar-refractivity contribution < 1.29 is 37.8 Å². The fourth-order valence-corrected chi connectivity index (χ4v) is 3.70. The summed E-state index contributed by atoms with van der Waals surface area (Å²) in [6.45, 7) is 12.8. The van der Waals surface area contributed by atoms with Crippen molar-refractivity contribution in [3.05, 3.63) is 18.7 Å². The van der Waals surface area contributed by atoms with Gasteiger partial charge in [-0.1, -0.05) is 20.8 Å². The van der Waals surface area contributed by atoms with Gasteiger partial charge in [0.05, 0.1) is 13.2 Å². The van der Waals surface area contributed by atoms with Gasteiger partial charge in [-0.15, -0.1) is 0 Å². The lowest BCUT2D eigenvalue weighted by Gasteiger charge is -2.38. The topological polar surface area (TPSA) is 38.3 Å². The van der Waals surface area contributed by atoms with Crippen LogP contribution in [0.25, 0.3) is 0 Å². The third kappa shape index (κ3) is 4.32. The third-order valence-corrected chi connectivity index (χ3v) is 9.21. The number of carbonyl (C=O) groups excluding carboxylic acids is 1. The summed E-state index contributed by atoms with van der Waals surface area (Å²) in [5, 5.41) is 0.207. The molecule has 1 amide bonds. The summed E-state index contributed by atoms with van der Waals surface area (Å²) < 4.78 is 9.92. The van der Waals surface area contributed by atoms with Crippen LogP contribution in [0.5, 0.6) is 0 Å². The van der Waals surface area contributed by atoms with Crippen molar-refractivity contribution in [2.75, 3.05) is 13.1 Å². The van der Waals surface area contributed by atoms with Crippen LogP contribution >= 0.6 is 0 Å². The fourth-order valence-electron chi connectivity index (χ4n) is 2.32. The van der Waals surface area contributed by atoms with E-state index in [2.05, 4.69) is 33.9 Å². The average Bonchev–Trinajstić information content (AvgIpc) is 2.95. The summed E-state index contributed by atoms with van der Waals surface area (Å²) >= 11 is 0. The predicted octanol–water partition coefficient (Wildman–Crippen LogP) is -0.619. The van der Waals surface area contributed by atoms with Gasteiger partial charge in [-0.05, 0) is 24.6 Å². The van der Waals surface area contributed by atoms with Gasteiger partial charge in [-0.25, -0.2) is 9.36 Å². The Bertz CT molecular complexity index is 525. The fraction of sp³-hybridized carbons (Fsp3) is 0.733. The molecule has 0 radical (unpaired) electrons. The van der Waals surface area contributed by atoms with E-state index in [1.807, 2.05) is 22.7 Å². The van der Waals surface area contributed by atoms with Crippen molar-refractivity contribution >= 4 is 14.3 Å². The van der Waals surface area contributed by atoms with Crippen LogP contribution in [0.2, 0.25) is 18.1 Å². The first-order valence-corrected chi connectivity index (χ1v) is 10.5. The van der Waals surface area contributed by atoms with Crippen LogP contribution in [-0.4, -0.2) is 43.0 Å². The number of nitrogens with zero attached hydrogens (tertiary/aromatic N) is 3. The monoisotopic (exact) mass is 437 g/mol. The number of halogens is 1. The van der Waals surface area contributed by atoms with Gasteiger partial charge >= 0.3 is 6.03 Å². The Hall–Kier alpha value is -0.413. The highest BCUT2D eigenvalue weighted by molar-refractivity contribution is 6.74. The molecule has 7 heteroatoms. The predicted molar refractivity (Wildman–Crippen MR) is 84.7 cm³/mol. The highest BCUT2D eigenvalue weighted by Crippen LogP contribution is 2.38. The summed E-state index contributed by atoms with van der Waals surface area (Å²) in [7, 11) is 0.155. The summed E-state index contributed by atoms with van der Waals surface area (Å²) in [5.74, 6) is 0. The highest BCUT2D eigenvalue weighted by atomic mass is 127. The van der Waals surface area contributed by atoms with E-state index >= 15 is 0 Å². The molecule has 22 heavy (non-hydrogen) atoms. The molecular weight excluding hydrogens is 409 g/mol. The standard InChI is InChI=1S/C15H28N3O2Si.HI/c1-15(2,3)21(5,6)20-13-7-8-17(11-13)14(19)18-10-9-16(4)12-18;/h9-10,12-13H,7-8,11H2,1-6H3;1H/q+1;/p-1. The quantitative estimate of drug-likeness (QED) is 0.352. The summed E-state index contributed by atoms with van der Waals surface area (Å²) in [6.07, 6.45) is 6.58. The minimum Gasteiger partial charge on any atom is -1.00 e. The number of rotatable bonds is 2. The molecule has 1 fully saturated rings. The Balaban J connectivity index is 0.00000242. The molecule has 2 heterocycles. The molecule has 1 aromatic heterocycles. The van der Waals surface area contributed by atoms with E-state index in [9.17, 15) is 4.79 Å². The average molecular weight is 437 g/mol. The van der Waals surface area contributed by atoms with Gasteiger partial charge in [0.2, 0.25) is 0 Å². The number of aromatic nitrogens is 2. The molecule has 0 bridgehead atoms. The number of hydrogen-bond acceptors (Lipinski definition) is 2. The normalized spacial score (nSPS) is 19.2. The smallest absolute Gasteiger partial charge is 0.415 e. The van der Waals surface area contributed by atoms with Crippen LogP contribution in [0.15, 0.2) is 18.7 Å². The minimum atomic E-state index is -1.76. The lowest BCUT2D eigenvalue weighted by molar-refractivity contribution is -0.670. The van der Waals surface area contributed by atoms with Gasteiger partial charge in [-0.2, -0.15) is 4.57 Å². The Morgan fingerprint density at radius 1 is 1.36 bits per heavy atom. The van der Waals surface area contributed by atoms with Gasteiger partial charge in [0.1, 0.15) is 12.4 Å². The molecule has 126 valence electrons. The maximum atomic E-state index is 12.4. The van der Waals surface area contributed by atoms with Crippen molar-refractivity contribution in [2.24, 2.45) is 7.05 Å². The molecule has 0 saturated carbocycles. The molecule has 0 N–H and O–H groups in total. The Morgan fingerprint density at radius 3 is 2.50 bits per heavy atom. The number of hydrogen-bond donors (Lipinski definition) is 0. The van der Waals surface area contributed by atoms with E-state index in [1.54, 1.807) is 17.1 Å². The zero-order valence-corrected chi connectivity index (χ0v) is 17.6. The number of amides is 1. The summed E-state index contributed by atoms with van der Waals surface area (Å²) in [6, 6.07) is 0.0388. The molecule has 1 atom stereocenters. The molecule has 0 aromatic carbocycles. The first-order chi connectivity index (χ1) is 9.60. The number of imidazole rings is 1. The van der Waals surface area contributed by atoms with E-state index in [0.717, 1.165) is 13.0 Å². The van der Waals surface area contributed by atoms with Crippen molar-refractivity contribution in [1.82, 2.24) is 9.47 Å². The van der Waals surface area contributed by atoms with Crippen molar-refractivity contribution in [3.8, 4) is 0 Å². The molecule has 5 nitrogen and oxygen atoms in total. The zero-order valence-electron chi connectivity index (χ0n) is 14.5. The second kappa shape index (κ2) is 7.00. The van der Waals surface area contributed by atoms with Crippen LogP contribution in [0, 0.1) is 0 Å². The van der Waals surface area contributed by atoms with E-state index in [1.165, 1.54) is 0 Å². The van der Waals surface area contributed by atoms with Crippen LogP contribution in [0.1, 0.15) is 27.2 Å². The molecular formula is C15H28IN3O2Si. The number of aryl methyl sites for hydroxylation is 1. The summed E-state index contributed by atoms with van der Waals surface area (Å²) in [5.41, 5.74) is 0. The van der Waals surface area contributed by atoms with Crippen LogP contribution in [0.3, 0.4) is 0 Å². The second-order valence-corrected chi connectivity index (χ2v) is 12.3. The third-order valence-electron chi connectivity index (χ3n) is 4.67. The van der Waals surface area contributed by atoms with Gasteiger partial charge < -0.3 is 33.3 Å². The van der Waals surface area contributed by atoms with E-state index in [0.29, 0.717) is 6.54 Å². The summed E-state index contributed by atoms with van der Waals surface area (Å²) in [4.78, 5) is 14.3. The Kier molecular flexibility index (Phi) is 6.25. The van der Waals surface area contributed by atoms with Gasteiger partial charge in [0, 0.05) is 13.1 Å². The maximum Gasteiger partial charge on any atom is 0.415 e. The number of likely N-dealkylation sites (tertiary alicyclic amines) is 1. The largest absolute Gasteiger partial charge is 1.00 e. The molecule has 2 rings (SSSR count). The number of carbonyl (C=O) groups is 1. The van der Waals surface area contributed by atoms with Gasteiger partial charge in [0.15, 0.2) is 8.32 Å². The first-order valence-electron chi connectivity index (χ1n) is 7.60. The molecule has 1 aliphatic heterocycles. The van der Waals surface area contributed by atoms with Crippen LogP contribution in [-0.2, 0) is 11.5 Å². The SMILES string of the molecule is C[n+]1ccn(C(=O)N2CCC(O[Si](C)(C)C(C)(C)C)C2)c1.[I-]. The second-order valence-electron chi connectivity index (χ2n) is 7.50. The van der Waals surface area contributed by atoms with Gasteiger partial charge in [0.25, 0.3) is 6.33 Å². The molecule has 1 saturated heterocycles. The Labute approximate surface area is 151 Å². The van der Waals surface area contributed by atoms with Crippen molar-refractivity contribution in [1.29, 1.82) is 0 Å².